The number of ketones is 1. The largest absolute Gasteiger partial charge is 0.508 e. The van der Waals surface area contributed by atoms with Gasteiger partial charge in [0.05, 0.1) is 0 Å². The molecular weight excluding hydrogens is 973 g/mol. The van der Waals surface area contributed by atoms with E-state index in [9.17, 15) is 29.4 Å². The number of allylic oxidation sites excluding steroid dienone is 6. The smallest absolute Gasteiger partial charge is 0.311 e. The van der Waals surface area contributed by atoms with Gasteiger partial charge in [0, 0.05) is 30.9 Å². The van der Waals surface area contributed by atoms with Gasteiger partial charge in [-0.3, -0.25) is 19.2 Å². The van der Waals surface area contributed by atoms with Gasteiger partial charge in [-0.2, -0.15) is 0 Å². The van der Waals surface area contributed by atoms with E-state index in [0.29, 0.717) is 24.8 Å². The molecule has 0 amide bonds. The quantitative estimate of drug-likeness (QED) is 0.0186. The van der Waals surface area contributed by atoms with E-state index in [0.717, 1.165) is 116 Å². The van der Waals surface area contributed by atoms with E-state index in [4.69, 9.17) is 13.9 Å². The van der Waals surface area contributed by atoms with Gasteiger partial charge in [-0.25, -0.2) is 0 Å². The number of benzene rings is 2. The van der Waals surface area contributed by atoms with Gasteiger partial charge in [0.15, 0.2) is 17.3 Å². The van der Waals surface area contributed by atoms with Crippen LogP contribution in [0, 0.1) is 0 Å². The maximum atomic E-state index is 14.9. The van der Waals surface area contributed by atoms with Crippen molar-refractivity contribution < 1.29 is 38.5 Å². The lowest BCUT2D eigenvalue weighted by Gasteiger charge is -2.16. The second kappa shape index (κ2) is 44.9. The maximum Gasteiger partial charge on any atom is 0.311 e. The summed E-state index contributed by atoms with van der Waals surface area (Å²) in [5.74, 6) is -3.10. The molecule has 0 fully saturated rings. The van der Waals surface area contributed by atoms with Gasteiger partial charge in [-0.1, -0.05) is 211 Å². The third-order valence-electron chi connectivity index (χ3n) is 14.9. The number of hydrogen-bond acceptors (Lipinski definition) is 9. The number of aromatic hydroxyl groups is 2. The molecule has 9 nitrogen and oxygen atoms in total. The van der Waals surface area contributed by atoms with Gasteiger partial charge in [0.2, 0.25) is 11.2 Å². The van der Waals surface area contributed by atoms with Crippen molar-refractivity contribution in [3.63, 3.8) is 0 Å². The molecule has 0 saturated carbocycles. The van der Waals surface area contributed by atoms with E-state index < -0.39 is 34.6 Å². The molecule has 9 heteroatoms. The van der Waals surface area contributed by atoms with Gasteiger partial charge < -0.3 is 24.1 Å². The Hall–Kier alpha value is -4.92. The summed E-state index contributed by atoms with van der Waals surface area (Å²) in [5, 5.41) is 21.4. The van der Waals surface area contributed by atoms with Crippen molar-refractivity contribution in [1.82, 2.24) is 0 Å². The van der Waals surface area contributed by atoms with Gasteiger partial charge in [-0.05, 0) is 121 Å². The number of rotatable bonds is 49. The Bertz CT molecular complexity index is 2210. The lowest BCUT2D eigenvalue weighted by molar-refractivity contribution is -0.135. The molecule has 0 saturated heterocycles. The predicted octanol–water partition coefficient (Wildman–Crippen LogP) is 21.0. The number of Topliss-reactive ketones (excluding diaryl/α,β-unsaturated/α-hetero) is 1. The van der Waals surface area contributed by atoms with Crippen LogP contribution in [0.5, 0.6) is 23.0 Å². The Morgan fingerprint density at radius 1 is 0.436 bits per heavy atom. The molecule has 3 rings (SSSR count). The standard InChI is InChI=1S/C69H106O9/c1-4-7-10-13-16-19-22-25-28-31-34-37-40-43-46-49-59(71)64-60(72)56-61-65(68(64)77-62(73)50-47-44-41-38-35-32-29-26-23-20-17-14-11-8-5-2)66(75)69(67(76-61)57-52-54-58(70)55-53-57)78-63(74)51-48-45-42-39-36-33-30-27-24-21-18-15-12-9-6-3/h25-30,52-56,70,72H,4-24,31-51H2,1-3H3. The molecule has 2 N–H and O–H groups in total. The molecule has 3 aromatic rings. The Kier molecular flexibility index (Phi) is 38.8. The molecule has 2 aromatic carbocycles. The second-order valence-electron chi connectivity index (χ2n) is 22.0. The summed E-state index contributed by atoms with van der Waals surface area (Å²) < 4.78 is 18.2. The number of carbonyl (C=O) groups is 3. The Balaban J connectivity index is 1.71. The van der Waals surface area contributed by atoms with E-state index in [2.05, 4.69) is 57.2 Å². The minimum Gasteiger partial charge on any atom is -0.508 e. The number of unbranched alkanes of at least 4 members (excludes halogenated alkanes) is 33. The van der Waals surface area contributed by atoms with Gasteiger partial charge >= 0.3 is 11.9 Å². The van der Waals surface area contributed by atoms with Crippen LogP contribution in [-0.4, -0.2) is 27.9 Å². The summed E-state index contributed by atoms with van der Waals surface area (Å²) in [4.78, 5) is 56.3. The number of hydrogen-bond donors (Lipinski definition) is 2. The first-order valence-electron chi connectivity index (χ1n) is 31.8. The maximum absolute atomic E-state index is 14.9. The molecule has 436 valence electrons. The molecule has 0 spiro atoms. The van der Waals surface area contributed by atoms with Crippen LogP contribution in [0.3, 0.4) is 0 Å². The van der Waals surface area contributed by atoms with Gasteiger partial charge in [0.1, 0.15) is 28.0 Å². The molecule has 0 aliphatic heterocycles. The highest BCUT2D eigenvalue weighted by molar-refractivity contribution is 6.08. The minimum atomic E-state index is -0.809. The molecule has 78 heavy (non-hydrogen) atoms. The zero-order valence-corrected chi connectivity index (χ0v) is 49.3. The summed E-state index contributed by atoms with van der Waals surface area (Å²) in [6.07, 6.45) is 57.4. The number of carbonyl (C=O) groups excluding carboxylic acids is 3. The molecule has 0 radical (unpaired) electrons. The van der Waals surface area contributed by atoms with Crippen LogP contribution in [0.1, 0.15) is 301 Å². The number of phenolic OH excluding ortho intramolecular Hbond substituents is 2. The zero-order chi connectivity index (χ0) is 56.1. The van der Waals surface area contributed by atoms with Crippen molar-refractivity contribution in [2.75, 3.05) is 0 Å². The predicted molar refractivity (Wildman–Crippen MR) is 325 cm³/mol. The lowest BCUT2D eigenvalue weighted by Crippen LogP contribution is -2.19. The molecule has 0 aliphatic carbocycles. The fraction of sp³-hybridized carbons (Fsp3) is 0.652. The second-order valence-corrected chi connectivity index (χ2v) is 22.0. The third-order valence-corrected chi connectivity index (χ3v) is 14.9. The highest BCUT2D eigenvalue weighted by Gasteiger charge is 2.30. The van der Waals surface area contributed by atoms with E-state index >= 15 is 0 Å². The van der Waals surface area contributed by atoms with Crippen LogP contribution < -0.4 is 14.9 Å². The van der Waals surface area contributed by atoms with Gasteiger partial charge in [-0.15, -0.1) is 0 Å². The Morgan fingerprint density at radius 2 is 0.769 bits per heavy atom. The number of esters is 2. The highest BCUT2D eigenvalue weighted by Crippen LogP contribution is 2.41. The first-order valence-corrected chi connectivity index (χ1v) is 31.8. The monoisotopic (exact) mass is 1080 g/mol. The summed E-state index contributed by atoms with van der Waals surface area (Å²) in [6.45, 7) is 6.73. The molecule has 0 aliphatic rings. The molecule has 0 unspecified atom stereocenters. The van der Waals surface area contributed by atoms with Crippen LogP contribution in [0.4, 0.5) is 0 Å². The summed E-state index contributed by atoms with van der Waals surface area (Å²) >= 11 is 0. The van der Waals surface area contributed by atoms with Crippen LogP contribution in [0.25, 0.3) is 22.3 Å². The molecule has 1 aromatic heterocycles. The highest BCUT2D eigenvalue weighted by atomic mass is 16.5. The fourth-order valence-electron chi connectivity index (χ4n) is 10.0. The molecule has 1 heterocycles. The third kappa shape index (κ3) is 29.9. The van der Waals surface area contributed by atoms with Crippen LogP contribution in [0.2, 0.25) is 0 Å². The number of fused-ring (bicyclic) bond motifs is 1. The lowest BCUT2D eigenvalue weighted by atomic mass is 9.98. The van der Waals surface area contributed by atoms with E-state index in [1.807, 2.05) is 0 Å². The summed E-state index contributed by atoms with van der Waals surface area (Å²) in [5.41, 5.74) is -0.872. The average molecular weight is 1080 g/mol. The van der Waals surface area contributed by atoms with Crippen LogP contribution in [-0.2, 0) is 9.59 Å². The first-order chi connectivity index (χ1) is 38.2. The van der Waals surface area contributed by atoms with Crippen molar-refractivity contribution >= 4 is 28.7 Å². The van der Waals surface area contributed by atoms with Crippen molar-refractivity contribution in [2.45, 2.75) is 290 Å². The zero-order valence-electron chi connectivity index (χ0n) is 49.3. The molecule has 0 bridgehead atoms. The SMILES string of the molecule is CCCCCCCCC=CCCCCCCCC(=O)Oc1c(-c2ccc(O)cc2)oc2cc(O)c(C(=O)CCCCCCCC=CCCCCCCCC)c(OC(=O)CCCCCCCC=CCCCCCCCC)c2c1=O. The van der Waals surface area contributed by atoms with Crippen LogP contribution >= 0.6 is 0 Å². The average Bonchev–Trinajstić information content (AvgIpc) is 3.61. The Labute approximate surface area is 472 Å². The van der Waals surface area contributed by atoms with Crippen molar-refractivity contribution in [3.8, 4) is 34.3 Å². The number of phenols is 2. The van der Waals surface area contributed by atoms with Crippen molar-refractivity contribution in [1.29, 1.82) is 0 Å². The van der Waals surface area contributed by atoms with Crippen molar-refractivity contribution in [2.24, 2.45) is 0 Å². The fourth-order valence-corrected chi connectivity index (χ4v) is 10.0. The van der Waals surface area contributed by atoms with Crippen molar-refractivity contribution in [3.05, 3.63) is 82.6 Å². The normalized spacial score (nSPS) is 11.8. The first kappa shape index (κ1) is 67.4. The Morgan fingerprint density at radius 3 is 1.15 bits per heavy atom. The summed E-state index contributed by atoms with van der Waals surface area (Å²) in [6, 6.07) is 7.11. The minimum absolute atomic E-state index is 0.0166. The summed E-state index contributed by atoms with van der Waals surface area (Å²) in [7, 11) is 0. The van der Waals surface area contributed by atoms with Gasteiger partial charge in [0.25, 0.3) is 0 Å². The van der Waals surface area contributed by atoms with E-state index in [1.165, 1.54) is 146 Å². The molecular formula is C69H106O9. The molecule has 0 atom stereocenters. The van der Waals surface area contributed by atoms with E-state index in [1.54, 1.807) is 0 Å². The topological polar surface area (TPSA) is 140 Å². The van der Waals surface area contributed by atoms with Crippen LogP contribution in [0.15, 0.2) is 76.0 Å². The number of ether oxygens (including phenoxy) is 2. The van der Waals surface area contributed by atoms with E-state index in [-0.39, 0.29) is 53.1 Å².